The number of rotatable bonds is 7. The van der Waals surface area contributed by atoms with Gasteiger partial charge in [0, 0.05) is 40.7 Å². The molecule has 1 unspecified atom stereocenters. The highest BCUT2D eigenvalue weighted by molar-refractivity contribution is 9.10. The molecule has 3 aliphatic rings. The number of fused-ring (bicyclic) bond motifs is 2. The standard InChI is InChI=1S/C28H33BrN2O7Si/c1-16-26(39(3,4)36)23(10-11-32)38-28(16)21-13-19(29)8-9-22(21)30(27(28)35)15-18-6-5-7-20(12-18)31-24(34)14-25(31)37-17(2)33/h5-9,12-13,16,23,25-26,32,36H,10-11,14-15H2,1-4H3/t16-,23+,25?,26-,28+/m1/s1. The highest BCUT2D eigenvalue weighted by Gasteiger charge is 2.66. The fraction of sp³-hybridized carbons (Fsp3) is 0.464. The van der Waals surface area contributed by atoms with E-state index in [0.717, 1.165) is 21.3 Å². The van der Waals surface area contributed by atoms with Crippen LogP contribution in [0.3, 0.4) is 0 Å². The van der Waals surface area contributed by atoms with E-state index in [2.05, 4.69) is 15.9 Å². The number of aliphatic hydroxyl groups is 1. The van der Waals surface area contributed by atoms with Gasteiger partial charge in [0.15, 0.2) is 20.1 Å². The Morgan fingerprint density at radius 2 is 1.97 bits per heavy atom. The molecule has 3 aliphatic heterocycles. The molecule has 2 saturated heterocycles. The quantitative estimate of drug-likeness (QED) is 0.276. The number of amides is 2. The maximum Gasteiger partial charge on any atom is 0.304 e. The molecule has 2 amide bonds. The largest absolute Gasteiger partial charge is 0.441 e. The lowest BCUT2D eigenvalue weighted by Crippen LogP contribution is -2.54. The molecule has 5 atom stereocenters. The fourth-order valence-corrected chi connectivity index (χ4v) is 9.54. The number of carbonyl (C=O) groups is 3. The molecule has 0 saturated carbocycles. The number of aliphatic hydroxyl groups excluding tert-OH is 1. The Balaban J connectivity index is 1.51. The number of β-lactam (4-membered cyclic amide) rings is 1. The highest BCUT2D eigenvalue weighted by atomic mass is 79.9. The van der Waals surface area contributed by atoms with E-state index in [-0.39, 0.29) is 42.8 Å². The van der Waals surface area contributed by atoms with E-state index in [1.165, 1.54) is 11.8 Å². The van der Waals surface area contributed by atoms with Gasteiger partial charge < -0.3 is 24.3 Å². The van der Waals surface area contributed by atoms with Gasteiger partial charge in [0.05, 0.1) is 24.8 Å². The van der Waals surface area contributed by atoms with Crippen molar-refractivity contribution in [1.29, 1.82) is 0 Å². The van der Waals surface area contributed by atoms with Crippen LogP contribution in [0, 0.1) is 5.92 Å². The average Bonchev–Trinajstić information content (AvgIpc) is 3.25. The van der Waals surface area contributed by atoms with E-state index in [9.17, 15) is 24.3 Å². The molecule has 11 heteroatoms. The first-order valence-corrected chi connectivity index (χ1v) is 16.9. The van der Waals surface area contributed by atoms with Gasteiger partial charge in [-0.15, -0.1) is 0 Å². The summed E-state index contributed by atoms with van der Waals surface area (Å²) in [5, 5.41) is 9.76. The van der Waals surface area contributed by atoms with Crippen LogP contribution in [0.4, 0.5) is 11.4 Å². The predicted molar refractivity (Wildman–Crippen MR) is 150 cm³/mol. The van der Waals surface area contributed by atoms with Crippen molar-refractivity contribution in [3.63, 3.8) is 0 Å². The van der Waals surface area contributed by atoms with Crippen molar-refractivity contribution in [1.82, 2.24) is 0 Å². The van der Waals surface area contributed by atoms with Crippen LogP contribution in [0.2, 0.25) is 18.6 Å². The third-order valence-corrected chi connectivity index (χ3v) is 11.1. The molecule has 0 aliphatic carbocycles. The molecular weight excluding hydrogens is 584 g/mol. The zero-order chi connectivity index (χ0) is 28.3. The van der Waals surface area contributed by atoms with Gasteiger partial charge in [0.1, 0.15) is 0 Å². The Morgan fingerprint density at radius 1 is 1.23 bits per heavy atom. The van der Waals surface area contributed by atoms with Crippen molar-refractivity contribution < 1.29 is 33.8 Å². The number of benzene rings is 2. The van der Waals surface area contributed by atoms with E-state index >= 15 is 0 Å². The van der Waals surface area contributed by atoms with Crippen LogP contribution in [0.25, 0.3) is 0 Å². The van der Waals surface area contributed by atoms with Gasteiger partial charge in [-0.05, 0) is 55.4 Å². The van der Waals surface area contributed by atoms with Gasteiger partial charge in [-0.25, -0.2) is 0 Å². The van der Waals surface area contributed by atoms with E-state index in [4.69, 9.17) is 9.47 Å². The highest BCUT2D eigenvalue weighted by Crippen LogP contribution is 2.60. The molecule has 208 valence electrons. The van der Waals surface area contributed by atoms with Crippen LogP contribution < -0.4 is 9.80 Å². The molecule has 0 bridgehead atoms. The summed E-state index contributed by atoms with van der Waals surface area (Å²) in [6.07, 6.45) is -0.625. The van der Waals surface area contributed by atoms with Crippen molar-refractivity contribution >= 4 is 53.4 Å². The van der Waals surface area contributed by atoms with Crippen LogP contribution in [0.5, 0.6) is 0 Å². The Hall–Kier alpha value is -2.57. The minimum absolute atomic E-state index is 0.103. The smallest absolute Gasteiger partial charge is 0.304 e. The molecule has 39 heavy (non-hydrogen) atoms. The van der Waals surface area contributed by atoms with E-state index in [1.807, 2.05) is 56.4 Å². The summed E-state index contributed by atoms with van der Waals surface area (Å²) in [4.78, 5) is 52.5. The summed E-state index contributed by atoms with van der Waals surface area (Å²) in [7, 11) is -2.78. The second-order valence-electron chi connectivity index (χ2n) is 11.1. The number of ether oxygens (including phenoxy) is 2. The first-order chi connectivity index (χ1) is 18.4. The SMILES string of the molecule is CC(=O)OC1CC(=O)N1c1cccc(CN2C(=O)[C@@]3(O[C@@H](CCO)[C@H]([Si](C)(C)O)[C@H]3C)c3cc(Br)ccc32)c1. The van der Waals surface area contributed by atoms with Crippen molar-refractivity contribution in [3.05, 3.63) is 58.1 Å². The summed E-state index contributed by atoms with van der Waals surface area (Å²) in [5.74, 6) is -1.13. The zero-order valence-corrected chi connectivity index (χ0v) is 25.0. The molecule has 2 aromatic carbocycles. The molecule has 0 radical (unpaired) electrons. The molecule has 2 aromatic rings. The molecule has 2 fully saturated rings. The van der Waals surface area contributed by atoms with Gasteiger partial charge in [0.2, 0.25) is 5.91 Å². The third kappa shape index (κ3) is 4.63. The maximum atomic E-state index is 14.4. The number of esters is 1. The molecule has 2 N–H and O–H groups in total. The summed E-state index contributed by atoms with van der Waals surface area (Å²) >= 11 is 3.55. The number of hydrogen-bond donors (Lipinski definition) is 2. The van der Waals surface area contributed by atoms with E-state index in [0.29, 0.717) is 12.1 Å². The molecule has 9 nitrogen and oxygen atoms in total. The molecule has 3 heterocycles. The monoisotopic (exact) mass is 616 g/mol. The van der Waals surface area contributed by atoms with Gasteiger partial charge in [0.25, 0.3) is 5.91 Å². The fourth-order valence-electron chi connectivity index (χ4n) is 6.57. The van der Waals surface area contributed by atoms with Gasteiger partial charge >= 0.3 is 5.97 Å². The third-order valence-electron chi connectivity index (χ3n) is 8.10. The minimum atomic E-state index is -2.78. The summed E-state index contributed by atoms with van der Waals surface area (Å²) in [5.41, 5.74) is 1.30. The number of carbonyl (C=O) groups excluding carboxylic acids is 3. The summed E-state index contributed by atoms with van der Waals surface area (Å²) in [6, 6.07) is 13.0. The molecular formula is C28H33BrN2O7Si. The lowest BCUT2D eigenvalue weighted by Gasteiger charge is -2.39. The first kappa shape index (κ1) is 28.0. The lowest BCUT2D eigenvalue weighted by molar-refractivity contribution is -0.154. The second-order valence-corrected chi connectivity index (χ2v) is 16.0. The zero-order valence-electron chi connectivity index (χ0n) is 22.4. The van der Waals surface area contributed by atoms with Gasteiger partial charge in [-0.1, -0.05) is 35.0 Å². The van der Waals surface area contributed by atoms with Gasteiger partial charge in [-0.2, -0.15) is 0 Å². The average molecular weight is 618 g/mol. The summed E-state index contributed by atoms with van der Waals surface area (Å²) in [6.45, 7) is 7.11. The Labute approximate surface area is 237 Å². The van der Waals surface area contributed by atoms with Crippen LogP contribution in [0.1, 0.15) is 37.8 Å². The van der Waals surface area contributed by atoms with Crippen molar-refractivity contribution in [2.75, 3.05) is 16.4 Å². The predicted octanol–water partition coefficient (Wildman–Crippen LogP) is 3.80. The van der Waals surface area contributed by atoms with Crippen molar-refractivity contribution in [3.8, 4) is 0 Å². The van der Waals surface area contributed by atoms with Crippen molar-refractivity contribution in [2.45, 2.75) is 69.8 Å². The van der Waals surface area contributed by atoms with E-state index in [1.54, 1.807) is 11.0 Å². The lowest BCUT2D eigenvalue weighted by atomic mass is 9.82. The number of halogens is 1. The molecule has 1 spiro atoms. The van der Waals surface area contributed by atoms with Crippen LogP contribution >= 0.6 is 15.9 Å². The van der Waals surface area contributed by atoms with Crippen LogP contribution in [0.15, 0.2) is 46.9 Å². The number of anilines is 2. The summed E-state index contributed by atoms with van der Waals surface area (Å²) < 4.78 is 12.7. The Bertz CT molecular complexity index is 1330. The first-order valence-electron chi connectivity index (χ1n) is 13.1. The van der Waals surface area contributed by atoms with Crippen LogP contribution in [-0.2, 0) is 36.0 Å². The van der Waals surface area contributed by atoms with Crippen LogP contribution in [-0.4, -0.2) is 54.9 Å². The topological polar surface area (TPSA) is 117 Å². The number of hydrogen-bond acceptors (Lipinski definition) is 7. The molecule has 5 rings (SSSR count). The van der Waals surface area contributed by atoms with Crippen molar-refractivity contribution in [2.24, 2.45) is 5.92 Å². The minimum Gasteiger partial charge on any atom is -0.441 e. The van der Waals surface area contributed by atoms with Gasteiger partial charge in [-0.3, -0.25) is 19.3 Å². The Kier molecular flexibility index (Phi) is 7.26. The Morgan fingerprint density at radius 3 is 2.62 bits per heavy atom. The molecule has 0 aromatic heterocycles. The maximum absolute atomic E-state index is 14.4. The number of nitrogens with zero attached hydrogens (tertiary/aromatic N) is 2. The second kappa shape index (κ2) is 10.1. The normalized spacial score (nSPS) is 28.2. The van der Waals surface area contributed by atoms with E-state index < -0.39 is 32.2 Å².